The maximum Gasteiger partial charge on any atom is 0.165 e. The number of halogens is 1. The van der Waals surface area contributed by atoms with Gasteiger partial charge in [-0.2, -0.15) is 0 Å². The molecule has 1 atom stereocenters. The van der Waals surface area contributed by atoms with Crippen LogP contribution in [-0.2, 0) is 11.8 Å². The molecule has 0 aromatic heterocycles. The standard InChI is InChI=1S/C27H27FO/c1-4-27(5-2,23-16-13-21(3)14-17-23)19-9-10-22-15-18-25(28)26(20-22)29-24-11-7-6-8-12-24/h1,6-8,11-18,20H,5,9-10,19H2,2-3H3. The van der Waals surface area contributed by atoms with E-state index in [1.807, 2.05) is 36.4 Å². The highest BCUT2D eigenvalue weighted by molar-refractivity contribution is 5.37. The summed E-state index contributed by atoms with van der Waals surface area (Å²) in [5.74, 6) is 3.58. The lowest BCUT2D eigenvalue weighted by Crippen LogP contribution is -2.23. The second-order valence-corrected chi connectivity index (χ2v) is 7.48. The third kappa shape index (κ3) is 5.06. The Balaban J connectivity index is 1.69. The van der Waals surface area contributed by atoms with Crippen molar-refractivity contribution >= 4 is 0 Å². The van der Waals surface area contributed by atoms with Crippen LogP contribution in [0, 0.1) is 25.1 Å². The van der Waals surface area contributed by atoms with Gasteiger partial charge in [0.25, 0.3) is 0 Å². The largest absolute Gasteiger partial charge is 0.454 e. The molecule has 3 rings (SSSR count). The molecular formula is C27H27FO. The van der Waals surface area contributed by atoms with Crippen molar-refractivity contribution in [2.45, 2.75) is 44.9 Å². The van der Waals surface area contributed by atoms with E-state index in [0.29, 0.717) is 5.75 Å². The van der Waals surface area contributed by atoms with Crippen molar-refractivity contribution < 1.29 is 9.13 Å². The number of hydrogen-bond donors (Lipinski definition) is 0. The van der Waals surface area contributed by atoms with Crippen molar-refractivity contribution in [1.82, 2.24) is 0 Å². The van der Waals surface area contributed by atoms with E-state index >= 15 is 0 Å². The van der Waals surface area contributed by atoms with E-state index in [1.54, 1.807) is 6.07 Å². The second kappa shape index (κ2) is 9.43. The molecule has 29 heavy (non-hydrogen) atoms. The lowest BCUT2D eigenvalue weighted by atomic mass is 9.74. The van der Waals surface area contributed by atoms with Crippen LogP contribution in [0.25, 0.3) is 0 Å². The van der Waals surface area contributed by atoms with Gasteiger partial charge in [0.2, 0.25) is 0 Å². The predicted octanol–water partition coefficient (Wildman–Crippen LogP) is 7.23. The fraction of sp³-hybridized carbons (Fsp3) is 0.259. The minimum absolute atomic E-state index is 0.255. The molecule has 0 saturated carbocycles. The molecule has 3 aromatic carbocycles. The molecule has 1 nitrogen and oxygen atoms in total. The molecule has 0 aliphatic heterocycles. The molecule has 0 radical (unpaired) electrons. The van der Waals surface area contributed by atoms with Gasteiger partial charge >= 0.3 is 0 Å². The summed E-state index contributed by atoms with van der Waals surface area (Å²) in [6, 6.07) is 22.9. The molecule has 0 bridgehead atoms. The van der Waals surface area contributed by atoms with Gasteiger partial charge in [0, 0.05) is 0 Å². The fourth-order valence-electron chi connectivity index (χ4n) is 3.65. The van der Waals surface area contributed by atoms with E-state index in [2.05, 4.69) is 44.0 Å². The van der Waals surface area contributed by atoms with E-state index in [9.17, 15) is 4.39 Å². The van der Waals surface area contributed by atoms with E-state index in [4.69, 9.17) is 11.2 Å². The number of rotatable bonds is 8. The van der Waals surface area contributed by atoms with E-state index in [0.717, 1.165) is 31.2 Å². The van der Waals surface area contributed by atoms with Gasteiger partial charge in [0.15, 0.2) is 11.6 Å². The van der Waals surface area contributed by atoms with Crippen LogP contribution in [0.15, 0.2) is 72.8 Å². The van der Waals surface area contributed by atoms with Crippen LogP contribution < -0.4 is 4.74 Å². The van der Waals surface area contributed by atoms with Crippen molar-refractivity contribution in [3.05, 3.63) is 95.3 Å². The molecule has 0 aliphatic rings. The maximum atomic E-state index is 14.2. The van der Waals surface area contributed by atoms with Gasteiger partial charge in [-0.25, -0.2) is 4.39 Å². The van der Waals surface area contributed by atoms with Crippen molar-refractivity contribution in [2.24, 2.45) is 0 Å². The molecular weight excluding hydrogens is 359 g/mol. The SMILES string of the molecule is C#CC(CC)(CCCc1ccc(F)c(Oc2ccccc2)c1)c1ccc(C)cc1. The van der Waals surface area contributed by atoms with Crippen molar-refractivity contribution in [2.75, 3.05) is 0 Å². The number of ether oxygens (including phenoxy) is 1. The van der Waals surface area contributed by atoms with Crippen LogP contribution in [0.5, 0.6) is 11.5 Å². The van der Waals surface area contributed by atoms with Crippen molar-refractivity contribution in [3.8, 4) is 23.8 Å². The number of terminal acetylenes is 1. The minimum atomic E-state index is -0.358. The molecule has 0 saturated heterocycles. The predicted molar refractivity (Wildman–Crippen MR) is 118 cm³/mol. The highest BCUT2D eigenvalue weighted by atomic mass is 19.1. The Hall–Kier alpha value is -3.05. The Labute approximate surface area is 173 Å². The Morgan fingerprint density at radius 3 is 2.38 bits per heavy atom. The summed E-state index contributed by atoms with van der Waals surface area (Å²) in [6.45, 7) is 4.22. The number of hydrogen-bond acceptors (Lipinski definition) is 1. The van der Waals surface area contributed by atoms with Crippen LogP contribution >= 0.6 is 0 Å². The second-order valence-electron chi connectivity index (χ2n) is 7.48. The Morgan fingerprint density at radius 2 is 1.72 bits per heavy atom. The summed E-state index contributed by atoms with van der Waals surface area (Å²) < 4.78 is 19.9. The van der Waals surface area contributed by atoms with Crippen LogP contribution in [-0.4, -0.2) is 0 Å². The van der Waals surface area contributed by atoms with Crippen LogP contribution in [0.4, 0.5) is 4.39 Å². The Kier molecular flexibility index (Phi) is 6.73. The fourth-order valence-corrected chi connectivity index (χ4v) is 3.65. The summed E-state index contributed by atoms with van der Waals surface area (Å²) >= 11 is 0. The normalized spacial score (nSPS) is 12.8. The van der Waals surface area contributed by atoms with Gasteiger partial charge in [-0.15, -0.1) is 6.42 Å². The highest BCUT2D eigenvalue weighted by Crippen LogP contribution is 2.34. The zero-order valence-corrected chi connectivity index (χ0v) is 17.1. The Bertz CT molecular complexity index is 970. The first-order valence-electron chi connectivity index (χ1n) is 10.1. The summed E-state index contributed by atoms with van der Waals surface area (Å²) in [6.07, 6.45) is 9.49. The molecule has 3 aromatic rings. The van der Waals surface area contributed by atoms with Crippen molar-refractivity contribution in [1.29, 1.82) is 0 Å². The highest BCUT2D eigenvalue weighted by Gasteiger charge is 2.27. The zero-order chi connectivity index (χ0) is 20.7. The number of benzene rings is 3. The minimum Gasteiger partial charge on any atom is -0.454 e. The van der Waals surface area contributed by atoms with Gasteiger partial charge in [0.05, 0.1) is 5.41 Å². The topological polar surface area (TPSA) is 9.23 Å². The monoisotopic (exact) mass is 386 g/mol. The lowest BCUT2D eigenvalue weighted by molar-refractivity contribution is 0.440. The van der Waals surface area contributed by atoms with Crippen LogP contribution in [0.1, 0.15) is 42.9 Å². The maximum absolute atomic E-state index is 14.2. The Morgan fingerprint density at radius 1 is 1.00 bits per heavy atom. The van der Waals surface area contributed by atoms with Gasteiger partial charge in [0.1, 0.15) is 5.75 Å². The van der Waals surface area contributed by atoms with E-state index in [1.165, 1.54) is 17.2 Å². The quantitative estimate of drug-likeness (QED) is 0.371. The molecule has 1 unspecified atom stereocenters. The summed E-state index contributed by atoms with van der Waals surface area (Å²) in [7, 11) is 0. The first-order chi connectivity index (χ1) is 14.1. The smallest absolute Gasteiger partial charge is 0.165 e. The molecule has 148 valence electrons. The third-order valence-corrected chi connectivity index (χ3v) is 5.52. The van der Waals surface area contributed by atoms with Crippen molar-refractivity contribution in [3.63, 3.8) is 0 Å². The molecule has 0 aliphatic carbocycles. The molecule has 0 spiro atoms. The van der Waals surface area contributed by atoms with E-state index < -0.39 is 0 Å². The molecule has 0 N–H and O–H groups in total. The zero-order valence-electron chi connectivity index (χ0n) is 17.1. The first kappa shape index (κ1) is 20.7. The van der Waals surface area contributed by atoms with Crippen LogP contribution in [0.3, 0.4) is 0 Å². The molecule has 0 amide bonds. The van der Waals surface area contributed by atoms with Gasteiger partial charge in [-0.1, -0.05) is 66.9 Å². The summed E-state index contributed by atoms with van der Waals surface area (Å²) in [5.41, 5.74) is 3.20. The van der Waals surface area contributed by atoms with Gasteiger partial charge < -0.3 is 4.74 Å². The van der Waals surface area contributed by atoms with Gasteiger partial charge in [-0.3, -0.25) is 0 Å². The molecule has 0 heterocycles. The third-order valence-electron chi connectivity index (χ3n) is 5.52. The average molecular weight is 387 g/mol. The lowest BCUT2D eigenvalue weighted by Gasteiger charge is -2.28. The van der Waals surface area contributed by atoms with Crippen LogP contribution in [0.2, 0.25) is 0 Å². The molecule has 0 fully saturated rings. The number of aryl methyl sites for hydroxylation is 2. The summed E-state index contributed by atoms with van der Waals surface area (Å²) in [5, 5.41) is 0. The first-order valence-corrected chi connectivity index (χ1v) is 10.1. The van der Waals surface area contributed by atoms with E-state index in [-0.39, 0.29) is 17.0 Å². The number of para-hydroxylation sites is 1. The summed E-state index contributed by atoms with van der Waals surface area (Å²) in [4.78, 5) is 0. The average Bonchev–Trinajstić information content (AvgIpc) is 2.75. The van der Waals surface area contributed by atoms with Gasteiger partial charge in [-0.05, 0) is 68.0 Å². The molecule has 2 heteroatoms.